The molecule has 1 heterocycles. The maximum Gasteiger partial charge on any atom is 0.429 e. The number of carboxylic acid groups (broad SMARTS) is 1. The van der Waals surface area contributed by atoms with Gasteiger partial charge in [0, 0.05) is 0 Å². The third kappa shape index (κ3) is 2.34. The van der Waals surface area contributed by atoms with E-state index in [2.05, 4.69) is 20.9 Å². The molecule has 0 atom stereocenters. The van der Waals surface area contributed by atoms with E-state index in [0.29, 0.717) is 0 Å². The Labute approximate surface area is 85.4 Å². The number of aliphatic imine (C=N–C) groups is 1. The fraction of sp³-hybridized carbons (Fsp3) is 0.429. The van der Waals surface area contributed by atoms with Crippen LogP contribution < -0.4 is 0 Å². The summed E-state index contributed by atoms with van der Waals surface area (Å²) in [6.45, 7) is 0. The van der Waals surface area contributed by atoms with Gasteiger partial charge in [0.2, 0.25) is 0 Å². The first-order valence-electron chi connectivity index (χ1n) is 3.59. The Morgan fingerprint density at radius 3 is 2.36 bits per heavy atom. The summed E-state index contributed by atoms with van der Waals surface area (Å²) in [7, 11) is 0. The molecule has 14 heavy (non-hydrogen) atoms. The van der Waals surface area contributed by atoms with Crippen LogP contribution in [0.5, 0.6) is 0 Å². The van der Waals surface area contributed by atoms with Gasteiger partial charge in [-0.05, 0) is 28.8 Å². The molecular formula is C7H5BrF3NO2. The van der Waals surface area contributed by atoms with E-state index < -0.39 is 17.9 Å². The molecule has 0 aromatic rings. The molecule has 0 aliphatic carbocycles. The molecule has 0 aromatic heterocycles. The first-order valence-corrected chi connectivity index (χ1v) is 4.38. The van der Waals surface area contributed by atoms with Gasteiger partial charge >= 0.3 is 12.1 Å². The Hall–Kier alpha value is -0.850. The molecular weight excluding hydrogens is 267 g/mol. The summed E-state index contributed by atoms with van der Waals surface area (Å²) < 4.78 is 36.1. The van der Waals surface area contributed by atoms with Crippen LogP contribution in [0.25, 0.3) is 0 Å². The third-order valence-electron chi connectivity index (χ3n) is 1.68. The maximum atomic E-state index is 12.1. The van der Waals surface area contributed by atoms with Crippen LogP contribution in [0.3, 0.4) is 0 Å². The molecule has 0 fully saturated rings. The van der Waals surface area contributed by atoms with Crippen LogP contribution in [0.4, 0.5) is 13.2 Å². The van der Waals surface area contributed by atoms with Crippen molar-refractivity contribution in [2.75, 3.05) is 0 Å². The number of carboxylic acids is 1. The molecule has 1 rings (SSSR count). The molecule has 7 heteroatoms. The average molecular weight is 272 g/mol. The molecule has 1 aliphatic rings. The Kier molecular flexibility index (Phi) is 2.98. The summed E-state index contributed by atoms with van der Waals surface area (Å²) in [4.78, 5) is 13.6. The van der Waals surface area contributed by atoms with Crippen LogP contribution >= 0.6 is 15.9 Å². The van der Waals surface area contributed by atoms with Crippen molar-refractivity contribution in [3.8, 4) is 0 Å². The summed E-state index contributed by atoms with van der Waals surface area (Å²) in [6, 6.07) is 0. The van der Waals surface area contributed by atoms with Crippen molar-refractivity contribution in [2.24, 2.45) is 4.99 Å². The van der Waals surface area contributed by atoms with Gasteiger partial charge in [-0.25, -0.2) is 9.79 Å². The summed E-state index contributed by atoms with van der Waals surface area (Å²) >= 11 is 2.70. The zero-order valence-corrected chi connectivity index (χ0v) is 8.31. The Morgan fingerprint density at radius 1 is 1.43 bits per heavy atom. The van der Waals surface area contributed by atoms with Gasteiger partial charge in [0.1, 0.15) is 10.3 Å². The number of nitrogens with zero attached hydrogens (tertiary/aromatic N) is 1. The van der Waals surface area contributed by atoms with Crippen LogP contribution in [-0.4, -0.2) is 23.0 Å². The second kappa shape index (κ2) is 3.72. The van der Waals surface area contributed by atoms with Gasteiger partial charge in [-0.15, -0.1) is 0 Å². The first-order chi connectivity index (χ1) is 6.32. The van der Waals surface area contributed by atoms with Gasteiger partial charge in [-0.3, -0.25) is 0 Å². The fourth-order valence-electron chi connectivity index (χ4n) is 0.989. The molecule has 78 valence electrons. The minimum absolute atomic E-state index is 0.127. The van der Waals surface area contributed by atoms with Crippen molar-refractivity contribution >= 4 is 27.6 Å². The minimum atomic E-state index is -4.48. The number of halogens is 4. The third-order valence-corrected chi connectivity index (χ3v) is 2.34. The second-order valence-electron chi connectivity index (χ2n) is 2.63. The molecule has 3 nitrogen and oxygen atoms in total. The van der Waals surface area contributed by atoms with E-state index in [-0.39, 0.29) is 23.0 Å². The van der Waals surface area contributed by atoms with E-state index in [1.54, 1.807) is 0 Å². The quantitative estimate of drug-likeness (QED) is 0.745. The summed E-state index contributed by atoms with van der Waals surface area (Å²) in [5, 5.41) is 8.56. The normalized spacial score (nSPS) is 18.1. The Balaban J connectivity index is 3.01. The highest BCUT2D eigenvalue weighted by Gasteiger charge is 2.37. The van der Waals surface area contributed by atoms with Crippen LogP contribution in [-0.2, 0) is 4.79 Å². The number of rotatable bonds is 1. The van der Waals surface area contributed by atoms with Crippen LogP contribution in [0.1, 0.15) is 12.8 Å². The lowest BCUT2D eigenvalue weighted by molar-refractivity contribution is -0.132. The number of alkyl halides is 3. The molecule has 1 aliphatic heterocycles. The lowest BCUT2D eigenvalue weighted by Gasteiger charge is -2.15. The Bertz CT molecular complexity index is 332. The smallest absolute Gasteiger partial charge is 0.429 e. The number of hydrogen-bond donors (Lipinski definition) is 1. The molecule has 0 radical (unpaired) electrons. The van der Waals surface area contributed by atoms with Crippen molar-refractivity contribution < 1.29 is 23.1 Å². The lowest BCUT2D eigenvalue weighted by atomic mass is 10.1. The van der Waals surface area contributed by atoms with Crippen molar-refractivity contribution in [1.29, 1.82) is 0 Å². The molecule has 0 bridgehead atoms. The standard InChI is InChI=1S/C7H5BrF3NO2/c8-5-3(6(13)14)1-2-4(12-5)7(9,10)11/h1-2H2,(H,13,14). The van der Waals surface area contributed by atoms with Gasteiger partial charge < -0.3 is 5.11 Å². The van der Waals surface area contributed by atoms with Crippen LogP contribution in [0.15, 0.2) is 15.2 Å². The average Bonchev–Trinajstić information content (AvgIpc) is 2.01. The highest BCUT2D eigenvalue weighted by molar-refractivity contribution is 9.11. The number of carbonyl (C=O) groups is 1. The SMILES string of the molecule is O=C(O)C1=C(Br)N=C(C(F)(F)F)CC1. The van der Waals surface area contributed by atoms with Crippen LogP contribution in [0, 0.1) is 0 Å². The van der Waals surface area contributed by atoms with Gasteiger partial charge in [0.05, 0.1) is 5.57 Å². The van der Waals surface area contributed by atoms with E-state index in [1.807, 2.05) is 0 Å². The zero-order valence-electron chi connectivity index (χ0n) is 6.73. The molecule has 0 amide bonds. The number of aliphatic carboxylic acids is 1. The first kappa shape index (κ1) is 11.2. The largest absolute Gasteiger partial charge is 0.478 e. The van der Waals surface area contributed by atoms with Gasteiger partial charge in [-0.2, -0.15) is 13.2 Å². The highest BCUT2D eigenvalue weighted by atomic mass is 79.9. The van der Waals surface area contributed by atoms with E-state index in [9.17, 15) is 18.0 Å². The zero-order chi connectivity index (χ0) is 10.9. The summed E-state index contributed by atoms with van der Waals surface area (Å²) in [5.74, 6) is -1.25. The van der Waals surface area contributed by atoms with Crippen molar-refractivity contribution in [3.63, 3.8) is 0 Å². The highest BCUT2D eigenvalue weighted by Crippen LogP contribution is 2.30. The van der Waals surface area contributed by atoms with Crippen molar-refractivity contribution in [2.45, 2.75) is 19.0 Å². The predicted molar refractivity (Wildman–Crippen MR) is 46.3 cm³/mol. The van der Waals surface area contributed by atoms with Gasteiger partial charge in [0.25, 0.3) is 0 Å². The monoisotopic (exact) mass is 271 g/mol. The summed E-state index contributed by atoms with van der Waals surface area (Å²) in [6.07, 6.45) is -5.03. The van der Waals surface area contributed by atoms with Crippen LogP contribution in [0.2, 0.25) is 0 Å². The van der Waals surface area contributed by atoms with Gasteiger partial charge in [-0.1, -0.05) is 0 Å². The van der Waals surface area contributed by atoms with E-state index >= 15 is 0 Å². The van der Waals surface area contributed by atoms with E-state index in [4.69, 9.17) is 5.11 Å². The van der Waals surface area contributed by atoms with E-state index in [0.717, 1.165) is 0 Å². The predicted octanol–water partition coefficient (Wildman–Crippen LogP) is 2.47. The minimum Gasteiger partial charge on any atom is -0.478 e. The molecule has 0 unspecified atom stereocenters. The van der Waals surface area contributed by atoms with Gasteiger partial charge in [0.15, 0.2) is 0 Å². The van der Waals surface area contributed by atoms with Crippen molar-refractivity contribution in [3.05, 3.63) is 10.2 Å². The Morgan fingerprint density at radius 2 is 2.00 bits per heavy atom. The topological polar surface area (TPSA) is 49.7 Å². The molecule has 0 spiro atoms. The van der Waals surface area contributed by atoms with Crippen molar-refractivity contribution in [1.82, 2.24) is 0 Å². The summed E-state index contributed by atoms with van der Waals surface area (Å²) in [5.41, 5.74) is -1.08. The number of hydrogen-bond acceptors (Lipinski definition) is 2. The lowest BCUT2D eigenvalue weighted by Crippen LogP contribution is -2.25. The molecule has 0 saturated carbocycles. The van der Waals surface area contributed by atoms with E-state index in [1.165, 1.54) is 0 Å². The molecule has 0 aromatic carbocycles. The molecule has 1 N–H and O–H groups in total. The maximum absolute atomic E-state index is 12.1. The molecule has 0 saturated heterocycles. The second-order valence-corrected chi connectivity index (χ2v) is 3.38. The fourth-order valence-corrected chi connectivity index (χ4v) is 1.57.